The van der Waals surface area contributed by atoms with Crippen molar-refractivity contribution >= 4 is 5.91 Å². The Morgan fingerprint density at radius 2 is 1.68 bits per heavy atom. The van der Waals surface area contributed by atoms with Gasteiger partial charge in [-0.15, -0.1) is 0 Å². The van der Waals surface area contributed by atoms with Crippen molar-refractivity contribution in [2.45, 2.75) is 81.1 Å². The third-order valence-electron chi connectivity index (χ3n) is 7.52. The summed E-state index contributed by atoms with van der Waals surface area (Å²) in [6.45, 7) is 0.781. The first-order valence-corrected chi connectivity index (χ1v) is 11.8. The molecule has 184 valence electrons. The van der Waals surface area contributed by atoms with Crippen LogP contribution >= 0.6 is 0 Å². The second-order valence-electron chi connectivity index (χ2n) is 9.79. The lowest BCUT2D eigenvalue weighted by Gasteiger charge is -2.43. The molecule has 2 N–H and O–H groups in total. The van der Waals surface area contributed by atoms with Gasteiger partial charge < -0.3 is 15.1 Å². The second kappa shape index (κ2) is 9.30. The Bertz CT molecular complexity index is 981. The Labute approximate surface area is 197 Å². The Kier molecular flexibility index (Phi) is 6.75. The van der Waals surface area contributed by atoms with Crippen molar-refractivity contribution in [3.8, 4) is 0 Å². The SMILES string of the molecule is C[C@](O)(c1ccc(C(=O)N(C2CC2)[C@H]2CC[C@](CCO)(c3ccccn3)CC2)cc1)C(F)(F)F. The summed E-state index contributed by atoms with van der Waals surface area (Å²) < 4.78 is 39.5. The van der Waals surface area contributed by atoms with Crippen LogP contribution in [0.15, 0.2) is 48.7 Å². The highest BCUT2D eigenvalue weighted by molar-refractivity contribution is 5.95. The molecular formula is C26H31F3N2O3. The first kappa shape index (κ1) is 24.7. The van der Waals surface area contributed by atoms with E-state index in [1.165, 1.54) is 24.3 Å². The number of carbonyl (C=O) groups is 1. The molecule has 2 saturated carbocycles. The van der Waals surface area contributed by atoms with Gasteiger partial charge in [0.25, 0.3) is 5.91 Å². The third-order valence-corrected chi connectivity index (χ3v) is 7.52. The minimum atomic E-state index is -4.81. The fraction of sp³-hybridized carbons (Fsp3) is 0.538. The minimum Gasteiger partial charge on any atom is -0.396 e. The molecule has 5 nitrogen and oxygen atoms in total. The van der Waals surface area contributed by atoms with Crippen LogP contribution in [0.25, 0.3) is 0 Å². The normalized spacial score (nSPS) is 24.9. The fourth-order valence-corrected chi connectivity index (χ4v) is 5.19. The largest absolute Gasteiger partial charge is 0.421 e. The molecule has 34 heavy (non-hydrogen) atoms. The standard InChI is InChI=1S/C26H31F3N2O3/c1-24(34,26(27,28)29)19-7-5-18(6-8-19)23(33)31(20-9-10-20)21-11-13-25(14-12-21,15-17-32)22-4-2-3-16-30-22/h2-8,16,20-21,32,34H,9-15,17H2,1H3/t21-,24-,25-/m0/s1. The van der Waals surface area contributed by atoms with Crippen molar-refractivity contribution in [1.29, 1.82) is 0 Å². The Balaban J connectivity index is 1.51. The van der Waals surface area contributed by atoms with Gasteiger partial charge in [-0.25, -0.2) is 0 Å². The van der Waals surface area contributed by atoms with E-state index in [1.807, 2.05) is 23.1 Å². The van der Waals surface area contributed by atoms with Gasteiger partial charge in [-0.3, -0.25) is 9.78 Å². The molecule has 0 radical (unpaired) electrons. The van der Waals surface area contributed by atoms with Crippen LogP contribution in [0.5, 0.6) is 0 Å². The summed E-state index contributed by atoms with van der Waals surface area (Å²) in [4.78, 5) is 19.9. The molecule has 1 aromatic heterocycles. The van der Waals surface area contributed by atoms with Crippen LogP contribution in [-0.2, 0) is 11.0 Å². The molecule has 1 heterocycles. The molecule has 0 bridgehead atoms. The number of halogens is 3. The smallest absolute Gasteiger partial charge is 0.396 e. The van der Waals surface area contributed by atoms with E-state index in [4.69, 9.17) is 0 Å². The Hall–Kier alpha value is -2.45. The van der Waals surface area contributed by atoms with Gasteiger partial charge in [0.15, 0.2) is 5.60 Å². The number of carbonyl (C=O) groups excluding carboxylic acids is 1. The van der Waals surface area contributed by atoms with Crippen molar-refractivity contribution in [1.82, 2.24) is 9.88 Å². The molecule has 1 amide bonds. The number of hydrogen-bond donors (Lipinski definition) is 2. The summed E-state index contributed by atoms with van der Waals surface area (Å²) in [5.74, 6) is -0.182. The Morgan fingerprint density at radius 1 is 1.06 bits per heavy atom. The number of aromatic nitrogens is 1. The summed E-state index contributed by atoms with van der Waals surface area (Å²) in [5, 5.41) is 19.6. The molecular weight excluding hydrogens is 445 g/mol. The maximum atomic E-state index is 13.4. The lowest BCUT2D eigenvalue weighted by Crippen LogP contribution is -2.47. The van der Waals surface area contributed by atoms with Gasteiger partial charge in [0.05, 0.1) is 0 Å². The number of hydrogen-bond acceptors (Lipinski definition) is 4. The minimum absolute atomic E-state index is 0.0356. The van der Waals surface area contributed by atoms with Crippen LogP contribution in [-0.4, -0.2) is 50.9 Å². The van der Waals surface area contributed by atoms with E-state index < -0.39 is 11.8 Å². The topological polar surface area (TPSA) is 73.7 Å². The lowest BCUT2D eigenvalue weighted by molar-refractivity contribution is -0.258. The van der Waals surface area contributed by atoms with Gasteiger partial charge in [-0.05, 0) is 81.7 Å². The molecule has 8 heteroatoms. The zero-order valence-corrected chi connectivity index (χ0v) is 19.3. The number of pyridine rings is 1. The number of nitrogens with zero attached hydrogens (tertiary/aromatic N) is 2. The van der Waals surface area contributed by atoms with E-state index in [9.17, 15) is 28.2 Å². The van der Waals surface area contributed by atoms with Gasteiger partial charge in [0.2, 0.25) is 0 Å². The monoisotopic (exact) mass is 476 g/mol. The summed E-state index contributed by atoms with van der Waals surface area (Å²) >= 11 is 0. The van der Waals surface area contributed by atoms with Crippen LogP contribution in [0.3, 0.4) is 0 Å². The van der Waals surface area contributed by atoms with Crippen molar-refractivity contribution in [2.75, 3.05) is 6.61 Å². The van der Waals surface area contributed by atoms with Crippen LogP contribution < -0.4 is 0 Å². The molecule has 1 atom stereocenters. The highest BCUT2D eigenvalue weighted by atomic mass is 19.4. The predicted octanol–water partition coefficient (Wildman–Crippen LogP) is 4.72. The predicted molar refractivity (Wildman–Crippen MR) is 121 cm³/mol. The van der Waals surface area contributed by atoms with E-state index in [0.717, 1.165) is 44.2 Å². The molecule has 2 fully saturated rings. The zero-order valence-electron chi connectivity index (χ0n) is 19.3. The van der Waals surface area contributed by atoms with E-state index in [1.54, 1.807) is 6.20 Å². The molecule has 2 aromatic rings. The third kappa shape index (κ3) is 4.70. The first-order valence-electron chi connectivity index (χ1n) is 11.8. The molecule has 0 spiro atoms. The van der Waals surface area contributed by atoms with Gasteiger partial charge in [0.1, 0.15) is 0 Å². The van der Waals surface area contributed by atoms with E-state index in [-0.39, 0.29) is 35.6 Å². The van der Waals surface area contributed by atoms with Crippen molar-refractivity contribution in [3.63, 3.8) is 0 Å². The first-order chi connectivity index (χ1) is 16.1. The van der Waals surface area contributed by atoms with E-state index in [0.29, 0.717) is 18.9 Å². The van der Waals surface area contributed by atoms with Crippen molar-refractivity contribution < 1.29 is 28.2 Å². The number of aliphatic hydroxyl groups is 2. The van der Waals surface area contributed by atoms with E-state index >= 15 is 0 Å². The van der Waals surface area contributed by atoms with Crippen LogP contribution in [0.1, 0.15) is 73.5 Å². The van der Waals surface area contributed by atoms with Gasteiger partial charge in [0, 0.05) is 41.6 Å². The molecule has 0 aliphatic heterocycles. The van der Waals surface area contributed by atoms with Crippen molar-refractivity contribution in [2.24, 2.45) is 0 Å². The second-order valence-corrected chi connectivity index (χ2v) is 9.79. The zero-order chi connectivity index (χ0) is 24.6. The maximum Gasteiger partial charge on any atom is 0.421 e. The lowest BCUT2D eigenvalue weighted by atomic mass is 9.68. The molecule has 0 saturated heterocycles. The molecule has 2 aliphatic rings. The highest BCUT2D eigenvalue weighted by Crippen LogP contribution is 2.45. The van der Waals surface area contributed by atoms with Crippen LogP contribution in [0.2, 0.25) is 0 Å². The molecule has 4 rings (SSSR count). The average molecular weight is 477 g/mol. The maximum absolute atomic E-state index is 13.4. The molecule has 2 aliphatic carbocycles. The molecule has 0 unspecified atom stereocenters. The number of amides is 1. The van der Waals surface area contributed by atoms with Crippen LogP contribution in [0.4, 0.5) is 13.2 Å². The summed E-state index contributed by atoms with van der Waals surface area (Å²) in [6.07, 6.45) is 2.58. The number of alkyl halides is 3. The van der Waals surface area contributed by atoms with Gasteiger partial charge in [-0.1, -0.05) is 18.2 Å². The number of aliphatic hydroxyl groups excluding tert-OH is 1. The van der Waals surface area contributed by atoms with Crippen LogP contribution in [0, 0.1) is 0 Å². The summed E-state index contributed by atoms with van der Waals surface area (Å²) in [7, 11) is 0. The summed E-state index contributed by atoms with van der Waals surface area (Å²) in [5.41, 5.74) is -2.19. The van der Waals surface area contributed by atoms with Gasteiger partial charge in [-0.2, -0.15) is 13.2 Å². The Morgan fingerprint density at radius 3 is 2.18 bits per heavy atom. The molecule has 1 aromatic carbocycles. The quantitative estimate of drug-likeness (QED) is 0.607. The fourth-order valence-electron chi connectivity index (χ4n) is 5.19. The van der Waals surface area contributed by atoms with E-state index in [2.05, 4.69) is 4.98 Å². The summed E-state index contributed by atoms with van der Waals surface area (Å²) in [6, 6.07) is 11.1. The average Bonchev–Trinajstić information content (AvgIpc) is 3.65. The highest BCUT2D eigenvalue weighted by Gasteiger charge is 2.51. The number of rotatable bonds is 7. The number of benzene rings is 1. The van der Waals surface area contributed by atoms with Gasteiger partial charge >= 0.3 is 6.18 Å². The van der Waals surface area contributed by atoms with Crippen molar-refractivity contribution in [3.05, 3.63) is 65.5 Å².